The Morgan fingerprint density at radius 1 is 1.04 bits per heavy atom. The molecule has 0 amide bonds. The minimum Gasteiger partial charge on any atom is -0.488 e. The van der Waals surface area contributed by atoms with Crippen LogP contribution in [0.15, 0.2) is 42.5 Å². The molecule has 3 N–H and O–H groups in total. The van der Waals surface area contributed by atoms with E-state index in [-0.39, 0.29) is 17.9 Å². The first-order valence-electron chi connectivity index (χ1n) is 8.64. The van der Waals surface area contributed by atoms with Crippen molar-refractivity contribution in [2.24, 2.45) is 5.73 Å². The van der Waals surface area contributed by atoms with Crippen LogP contribution >= 0.6 is 0 Å². The summed E-state index contributed by atoms with van der Waals surface area (Å²) in [5.74, 6) is 0.671. The smallest absolute Gasteiger partial charge is 0.197 e. The lowest BCUT2D eigenvalue weighted by molar-refractivity contribution is 0.103. The summed E-state index contributed by atoms with van der Waals surface area (Å²) in [6.45, 7) is 0.418. The minimum atomic E-state index is 0.0269. The lowest BCUT2D eigenvalue weighted by Gasteiger charge is -2.30. The second-order valence-electron chi connectivity index (χ2n) is 6.69. The molecule has 1 saturated carbocycles. The lowest BCUT2D eigenvalue weighted by atomic mass is 9.91. The molecule has 2 atom stereocenters. The number of ether oxygens (including phenoxy) is 1. The third-order valence-corrected chi connectivity index (χ3v) is 5.04. The zero-order valence-electron chi connectivity index (χ0n) is 13.6. The lowest BCUT2D eigenvalue weighted by Crippen LogP contribution is -2.42. The average molecular weight is 322 g/mol. The molecule has 4 heteroatoms. The number of hydrogen-bond donors (Lipinski definition) is 2. The minimum absolute atomic E-state index is 0.0269. The van der Waals surface area contributed by atoms with Crippen LogP contribution < -0.4 is 15.8 Å². The molecular weight excluding hydrogens is 300 g/mol. The normalized spacial score (nSPS) is 22.8. The summed E-state index contributed by atoms with van der Waals surface area (Å²) in [7, 11) is 0. The zero-order valence-corrected chi connectivity index (χ0v) is 13.6. The maximum Gasteiger partial charge on any atom is 0.197 e. The second-order valence-corrected chi connectivity index (χ2v) is 6.69. The van der Waals surface area contributed by atoms with E-state index >= 15 is 0 Å². The van der Waals surface area contributed by atoms with E-state index in [1.807, 2.05) is 42.5 Å². The number of benzene rings is 2. The van der Waals surface area contributed by atoms with Gasteiger partial charge in [-0.15, -0.1) is 0 Å². The van der Waals surface area contributed by atoms with Crippen LogP contribution in [0.2, 0.25) is 0 Å². The van der Waals surface area contributed by atoms with Crippen LogP contribution in [-0.4, -0.2) is 17.9 Å². The number of anilines is 1. The Morgan fingerprint density at radius 3 is 2.75 bits per heavy atom. The summed E-state index contributed by atoms with van der Waals surface area (Å²) in [5, 5.41) is 3.52. The highest BCUT2D eigenvalue weighted by Crippen LogP contribution is 2.32. The number of nitrogens with one attached hydrogen (secondary N) is 1. The third-order valence-electron chi connectivity index (χ3n) is 5.04. The first-order valence-corrected chi connectivity index (χ1v) is 8.64. The number of rotatable bonds is 2. The van der Waals surface area contributed by atoms with Gasteiger partial charge < -0.3 is 15.8 Å². The largest absolute Gasteiger partial charge is 0.488 e. The molecule has 124 valence electrons. The molecule has 1 fully saturated rings. The van der Waals surface area contributed by atoms with Crippen molar-refractivity contribution in [1.29, 1.82) is 0 Å². The van der Waals surface area contributed by atoms with Gasteiger partial charge in [-0.3, -0.25) is 4.79 Å². The van der Waals surface area contributed by atoms with E-state index in [0.29, 0.717) is 17.9 Å². The molecule has 4 nitrogen and oxygen atoms in total. The van der Waals surface area contributed by atoms with Crippen molar-refractivity contribution in [3.05, 3.63) is 59.2 Å². The molecule has 2 aliphatic rings. The second kappa shape index (κ2) is 6.29. The standard InChI is InChI=1S/C20H22N2O2/c21-17-7-3-4-8-18(17)22-14-9-10-16-19(11-14)24-12-13-5-1-2-6-15(13)20(16)23/h1-2,5-6,9-11,17-18,22H,3-4,7-8,12,21H2/t17-,18-/m1/s1. The molecule has 0 unspecified atom stereocenters. The topological polar surface area (TPSA) is 64.3 Å². The van der Waals surface area contributed by atoms with E-state index in [9.17, 15) is 4.79 Å². The molecule has 1 aliphatic carbocycles. The molecule has 1 aliphatic heterocycles. The predicted molar refractivity (Wildman–Crippen MR) is 94.5 cm³/mol. The van der Waals surface area contributed by atoms with Crippen molar-refractivity contribution in [3.63, 3.8) is 0 Å². The Morgan fingerprint density at radius 2 is 1.88 bits per heavy atom. The summed E-state index contributed by atoms with van der Waals surface area (Å²) in [4.78, 5) is 12.8. The number of ketones is 1. The highest BCUT2D eigenvalue weighted by atomic mass is 16.5. The predicted octanol–water partition coefficient (Wildman–Crippen LogP) is 3.49. The van der Waals surface area contributed by atoms with Crippen molar-refractivity contribution < 1.29 is 9.53 Å². The van der Waals surface area contributed by atoms with E-state index in [0.717, 1.165) is 29.7 Å². The fourth-order valence-electron chi connectivity index (χ4n) is 3.64. The van der Waals surface area contributed by atoms with Gasteiger partial charge >= 0.3 is 0 Å². The average Bonchev–Trinajstić information content (AvgIpc) is 2.75. The highest BCUT2D eigenvalue weighted by Gasteiger charge is 2.24. The van der Waals surface area contributed by atoms with Gasteiger partial charge in [-0.05, 0) is 25.0 Å². The van der Waals surface area contributed by atoms with Gasteiger partial charge in [0.05, 0.1) is 5.56 Å². The summed E-state index contributed by atoms with van der Waals surface area (Å²) in [6.07, 6.45) is 4.57. The SMILES string of the molecule is N[C@@H]1CCCC[C@H]1Nc1ccc2c(c1)OCc1ccccc1C2=O. The van der Waals surface area contributed by atoms with Gasteiger partial charge in [0.2, 0.25) is 0 Å². The van der Waals surface area contributed by atoms with Gasteiger partial charge in [0, 0.05) is 35.0 Å². The number of fused-ring (bicyclic) bond motifs is 2. The maximum atomic E-state index is 12.8. The summed E-state index contributed by atoms with van der Waals surface area (Å²) >= 11 is 0. The van der Waals surface area contributed by atoms with E-state index in [1.165, 1.54) is 12.8 Å². The summed E-state index contributed by atoms with van der Waals surface area (Å²) in [6, 6.07) is 13.8. The molecule has 0 saturated heterocycles. The molecule has 0 aromatic heterocycles. The van der Waals surface area contributed by atoms with Crippen LogP contribution in [0.25, 0.3) is 0 Å². The van der Waals surface area contributed by atoms with E-state index in [2.05, 4.69) is 5.32 Å². The Kier molecular flexibility index (Phi) is 3.98. The fraction of sp³-hybridized carbons (Fsp3) is 0.350. The summed E-state index contributed by atoms with van der Waals surface area (Å²) < 4.78 is 5.91. The first-order chi connectivity index (χ1) is 11.7. The quantitative estimate of drug-likeness (QED) is 0.888. The summed E-state index contributed by atoms with van der Waals surface area (Å²) in [5.41, 5.74) is 9.47. The molecule has 2 aromatic carbocycles. The van der Waals surface area contributed by atoms with Crippen LogP contribution in [0.4, 0.5) is 5.69 Å². The molecular formula is C20H22N2O2. The van der Waals surface area contributed by atoms with Crippen LogP contribution in [0, 0.1) is 0 Å². The monoisotopic (exact) mass is 322 g/mol. The zero-order chi connectivity index (χ0) is 16.5. The molecule has 2 aromatic rings. The third kappa shape index (κ3) is 2.78. The van der Waals surface area contributed by atoms with Crippen LogP contribution in [0.5, 0.6) is 5.75 Å². The first kappa shape index (κ1) is 15.2. The van der Waals surface area contributed by atoms with Crippen molar-refractivity contribution >= 4 is 11.5 Å². The van der Waals surface area contributed by atoms with Gasteiger partial charge in [-0.25, -0.2) is 0 Å². The van der Waals surface area contributed by atoms with Crippen molar-refractivity contribution in [2.75, 3.05) is 5.32 Å². The molecule has 0 spiro atoms. The molecule has 24 heavy (non-hydrogen) atoms. The van der Waals surface area contributed by atoms with Crippen molar-refractivity contribution in [3.8, 4) is 5.75 Å². The Bertz CT molecular complexity index is 772. The Labute approximate surface area is 142 Å². The number of hydrogen-bond acceptors (Lipinski definition) is 4. The molecule has 0 radical (unpaired) electrons. The Balaban J connectivity index is 1.61. The van der Waals surface area contributed by atoms with E-state index < -0.39 is 0 Å². The van der Waals surface area contributed by atoms with Gasteiger partial charge in [0.25, 0.3) is 0 Å². The van der Waals surface area contributed by atoms with Crippen molar-refractivity contribution in [1.82, 2.24) is 0 Å². The van der Waals surface area contributed by atoms with Crippen LogP contribution in [-0.2, 0) is 6.61 Å². The number of carbonyl (C=O) groups is 1. The number of nitrogens with two attached hydrogens (primary N) is 1. The molecule has 4 rings (SSSR count). The van der Waals surface area contributed by atoms with Gasteiger partial charge in [-0.2, -0.15) is 0 Å². The molecule has 0 bridgehead atoms. The fourth-order valence-corrected chi connectivity index (χ4v) is 3.64. The Hall–Kier alpha value is -2.33. The number of carbonyl (C=O) groups excluding carboxylic acids is 1. The van der Waals surface area contributed by atoms with Gasteiger partial charge in [0.15, 0.2) is 5.78 Å². The van der Waals surface area contributed by atoms with Crippen LogP contribution in [0.1, 0.15) is 47.2 Å². The molecule has 1 heterocycles. The van der Waals surface area contributed by atoms with Gasteiger partial charge in [0.1, 0.15) is 12.4 Å². The van der Waals surface area contributed by atoms with E-state index in [4.69, 9.17) is 10.5 Å². The van der Waals surface area contributed by atoms with Gasteiger partial charge in [-0.1, -0.05) is 37.1 Å². The highest BCUT2D eigenvalue weighted by molar-refractivity contribution is 6.12. The maximum absolute atomic E-state index is 12.8. The van der Waals surface area contributed by atoms with E-state index in [1.54, 1.807) is 0 Å². The van der Waals surface area contributed by atoms with Crippen LogP contribution in [0.3, 0.4) is 0 Å². The van der Waals surface area contributed by atoms with Crippen molar-refractivity contribution in [2.45, 2.75) is 44.4 Å².